The van der Waals surface area contributed by atoms with Crippen LogP contribution in [0.15, 0.2) is 12.1 Å². The van der Waals surface area contributed by atoms with Crippen LogP contribution < -0.4 is 5.32 Å². The molecule has 19 heavy (non-hydrogen) atoms. The van der Waals surface area contributed by atoms with E-state index in [0.29, 0.717) is 24.9 Å². The number of aromatic nitrogens is 1. The summed E-state index contributed by atoms with van der Waals surface area (Å²) >= 11 is 0. The molecule has 0 unspecified atom stereocenters. The monoisotopic (exact) mass is 265 g/mol. The Morgan fingerprint density at radius 2 is 2.37 bits per heavy atom. The van der Waals surface area contributed by atoms with Crippen molar-refractivity contribution in [3.8, 4) is 0 Å². The molecule has 2 heterocycles. The Bertz CT molecular complexity index is 456. The molecule has 2 N–H and O–H groups in total. The number of ether oxygens (including phenoxy) is 1. The van der Waals surface area contributed by atoms with Crippen molar-refractivity contribution >= 4 is 11.9 Å². The number of hydrogen-bond donors (Lipinski definition) is 2. The summed E-state index contributed by atoms with van der Waals surface area (Å²) in [6, 6.07) is 3.66. The molecule has 0 bridgehead atoms. The van der Waals surface area contributed by atoms with Gasteiger partial charge < -0.3 is 14.7 Å². The van der Waals surface area contributed by atoms with E-state index in [0.717, 1.165) is 24.3 Å². The number of rotatable bonds is 4. The third-order valence-electron chi connectivity index (χ3n) is 3.08. The van der Waals surface area contributed by atoms with Gasteiger partial charge in [0.2, 0.25) is 0 Å². The van der Waals surface area contributed by atoms with Crippen LogP contribution in [-0.2, 0) is 11.3 Å². The van der Waals surface area contributed by atoms with Gasteiger partial charge in [-0.05, 0) is 32.1 Å². The van der Waals surface area contributed by atoms with Crippen LogP contribution in [0.3, 0.4) is 0 Å². The van der Waals surface area contributed by atoms with E-state index in [4.69, 9.17) is 9.84 Å². The largest absolute Gasteiger partial charge is 0.465 e. The predicted molar refractivity (Wildman–Crippen MR) is 71.5 cm³/mol. The maximum absolute atomic E-state index is 10.7. The lowest BCUT2D eigenvalue weighted by Crippen LogP contribution is -2.17. The third kappa shape index (κ3) is 3.65. The summed E-state index contributed by atoms with van der Waals surface area (Å²) in [6.07, 6.45) is -0.103. The first kappa shape index (κ1) is 13.8. The minimum Gasteiger partial charge on any atom is -0.465 e. The molecular formula is C13H19N3O3. The number of nitrogens with zero attached hydrogens (tertiary/aromatic N) is 2. The molecule has 6 heteroatoms. The Hall–Kier alpha value is -1.66. The number of pyridine rings is 1. The Morgan fingerprint density at radius 1 is 1.58 bits per heavy atom. The van der Waals surface area contributed by atoms with Gasteiger partial charge in [-0.2, -0.15) is 0 Å². The third-order valence-corrected chi connectivity index (χ3v) is 3.08. The zero-order valence-corrected chi connectivity index (χ0v) is 11.2. The number of carbonyl (C=O) groups is 1. The minimum absolute atomic E-state index is 0.362. The average molecular weight is 265 g/mol. The highest BCUT2D eigenvalue weighted by molar-refractivity contribution is 5.81. The second-order valence-corrected chi connectivity index (χ2v) is 4.96. The molecular weight excluding hydrogens is 246 g/mol. The molecule has 0 spiro atoms. The number of amides is 1. The molecule has 1 amide bonds. The molecule has 0 aliphatic carbocycles. The molecule has 1 atom stereocenters. The standard InChI is InChI=1S/C13H19N3O3/c1-16(2)7-11-10(9-5-6-19-8-9)3-4-12(14-11)15-13(17)18/h3-4,9H,5-8H2,1-2H3,(H,14,15)(H,17,18)/t9-/m0/s1. The normalized spacial score (nSPS) is 18.8. The van der Waals surface area contributed by atoms with Crippen molar-refractivity contribution in [3.63, 3.8) is 0 Å². The van der Waals surface area contributed by atoms with Gasteiger partial charge in [0.05, 0.1) is 12.3 Å². The molecule has 1 fully saturated rings. The van der Waals surface area contributed by atoms with Gasteiger partial charge in [0.1, 0.15) is 5.82 Å². The maximum Gasteiger partial charge on any atom is 0.410 e. The van der Waals surface area contributed by atoms with Crippen LogP contribution in [0.25, 0.3) is 0 Å². The molecule has 0 radical (unpaired) electrons. The molecule has 0 saturated carbocycles. The molecule has 1 saturated heterocycles. The second kappa shape index (κ2) is 5.99. The molecule has 1 aromatic heterocycles. The van der Waals surface area contributed by atoms with Crippen LogP contribution in [0.1, 0.15) is 23.6 Å². The Balaban J connectivity index is 2.27. The lowest BCUT2D eigenvalue weighted by Gasteiger charge is -2.17. The first-order valence-electron chi connectivity index (χ1n) is 6.28. The lowest BCUT2D eigenvalue weighted by atomic mass is 9.96. The predicted octanol–water partition coefficient (Wildman–Crippen LogP) is 1.74. The highest BCUT2D eigenvalue weighted by atomic mass is 16.5. The van der Waals surface area contributed by atoms with Crippen molar-refractivity contribution in [2.75, 3.05) is 32.6 Å². The molecule has 1 aromatic rings. The van der Waals surface area contributed by atoms with Gasteiger partial charge in [-0.3, -0.25) is 5.32 Å². The van der Waals surface area contributed by atoms with Crippen LogP contribution >= 0.6 is 0 Å². The summed E-state index contributed by atoms with van der Waals surface area (Å²) in [5.41, 5.74) is 2.06. The van der Waals surface area contributed by atoms with Crippen molar-refractivity contribution in [2.24, 2.45) is 0 Å². The molecule has 2 rings (SSSR count). The van der Waals surface area contributed by atoms with Gasteiger partial charge in [0.15, 0.2) is 0 Å². The van der Waals surface area contributed by atoms with Crippen LogP contribution in [0.5, 0.6) is 0 Å². The topological polar surface area (TPSA) is 74.7 Å². The Morgan fingerprint density at radius 3 is 2.95 bits per heavy atom. The smallest absolute Gasteiger partial charge is 0.410 e. The summed E-state index contributed by atoms with van der Waals surface area (Å²) in [4.78, 5) is 17.1. The summed E-state index contributed by atoms with van der Waals surface area (Å²) in [5.74, 6) is 0.730. The van der Waals surface area contributed by atoms with Crippen molar-refractivity contribution in [1.82, 2.24) is 9.88 Å². The van der Waals surface area contributed by atoms with Crippen LogP contribution in [-0.4, -0.2) is 48.4 Å². The van der Waals surface area contributed by atoms with Crippen molar-refractivity contribution in [2.45, 2.75) is 18.9 Å². The van der Waals surface area contributed by atoms with E-state index in [2.05, 4.69) is 10.3 Å². The number of anilines is 1. The highest BCUT2D eigenvalue weighted by Crippen LogP contribution is 2.28. The summed E-state index contributed by atoms with van der Waals surface area (Å²) < 4.78 is 5.42. The van der Waals surface area contributed by atoms with Crippen LogP contribution in [0.2, 0.25) is 0 Å². The number of carboxylic acid groups (broad SMARTS) is 1. The van der Waals surface area contributed by atoms with E-state index in [-0.39, 0.29) is 0 Å². The summed E-state index contributed by atoms with van der Waals surface area (Å²) in [6.45, 7) is 2.18. The van der Waals surface area contributed by atoms with E-state index in [1.807, 2.05) is 25.1 Å². The summed E-state index contributed by atoms with van der Waals surface area (Å²) in [7, 11) is 3.93. The van der Waals surface area contributed by atoms with E-state index in [1.165, 1.54) is 0 Å². The van der Waals surface area contributed by atoms with Crippen molar-refractivity contribution in [1.29, 1.82) is 0 Å². The zero-order chi connectivity index (χ0) is 13.8. The molecule has 1 aliphatic heterocycles. The fraction of sp³-hybridized carbons (Fsp3) is 0.538. The fourth-order valence-corrected chi connectivity index (χ4v) is 2.27. The minimum atomic E-state index is -1.10. The van der Waals surface area contributed by atoms with Gasteiger partial charge in [-0.25, -0.2) is 9.78 Å². The van der Waals surface area contributed by atoms with Gasteiger partial charge in [-0.15, -0.1) is 0 Å². The summed E-state index contributed by atoms with van der Waals surface area (Å²) in [5, 5.41) is 11.0. The lowest BCUT2D eigenvalue weighted by molar-refractivity contribution is 0.193. The quantitative estimate of drug-likeness (QED) is 0.867. The molecule has 1 aliphatic rings. The SMILES string of the molecule is CN(C)Cc1nc(NC(=O)O)ccc1[C@H]1CCOC1. The molecule has 0 aromatic carbocycles. The Labute approximate surface area is 112 Å². The van der Waals surface area contributed by atoms with E-state index in [1.54, 1.807) is 6.07 Å². The van der Waals surface area contributed by atoms with Gasteiger partial charge in [0.25, 0.3) is 0 Å². The first-order valence-corrected chi connectivity index (χ1v) is 6.28. The van der Waals surface area contributed by atoms with Gasteiger partial charge in [0, 0.05) is 19.1 Å². The molecule has 6 nitrogen and oxygen atoms in total. The average Bonchev–Trinajstić information content (AvgIpc) is 2.81. The van der Waals surface area contributed by atoms with Crippen LogP contribution in [0.4, 0.5) is 10.6 Å². The fourth-order valence-electron chi connectivity index (χ4n) is 2.27. The van der Waals surface area contributed by atoms with Crippen molar-refractivity contribution in [3.05, 3.63) is 23.4 Å². The zero-order valence-electron chi connectivity index (χ0n) is 11.2. The van der Waals surface area contributed by atoms with E-state index >= 15 is 0 Å². The van der Waals surface area contributed by atoms with Gasteiger partial charge in [-0.1, -0.05) is 6.07 Å². The van der Waals surface area contributed by atoms with E-state index in [9.17, 15) is 4.79 Å². The van der Waals surface area contributed by atoms with E-state index < -0.39 is 6.09 Å². The number of nitrogens with one attached hydrogen (secondary N) is 1. The number of hydrogen-bond acceptors (Lipinski definition) is 4. The first-order chi connectivity index (χ1) is 9.06. The second-order valence-electron chi connectivity index (χ2n) is 4.96. The molecule has 104 valence electrons. The highest BCUT2D eigenvalue weighted by Gasteiger charge is 2.22. The van der Waals surface area contributed by atoms with Crippen molar-refractivity contribution < 1.29 is 14.6 Å². The van der Waals surface area contributed by atoms with Crippen LogP contribution in [0, 0.1) is 0 Å². The maximum atomic E-state index is 10.7. The Kier molecular flexibility index (Phi) is 4.34. The van der Waals surface area contributed by atoms with Gasteiger partial charge >= 0.3 is 6.09 Å².